The summed E-state index contributed by atoms with van der Waals surface area (Å²) in [5, 5.41) is 14.0. The molecule has 2 amide bonds. The number of carbonyl (C=O) groups excluding carboxylic acids is 2. The molecule has 0 spiro atoms. The lowest BCUT2D eigenvalue weighted by atomic mass is 10.1. The number of carbonyl (C=O) groups is 2. The Hall–Kier alpha value is -4.21. The van der Waals surface area contributed by atoms with Crippen molar-refractivity contribution in [3.63, 3.8) is 0 Å². The maximum absolute atomic E-state index is 12.8. The monoisotopic (exact) mass is 453 g/mol. The molecule has 0 unspecified atom stereocenters. The van der Waals surface area contributed by atoms with Crippen LogP contribution in [-0.2, 0) is 12.7 Å². The summed E-state index contributed by atoms with van der Waals surface area (Å²) in [6.07, 6.45) is -4.45. The van der Waals surface area contributed by atoms with Crippen molar-refractivity contribution in [3.8, 4) is 11.3 Å². The molecule has 168 valence electrons. The van der Waals surface area contributed by atoms with E-state index in [0.717, 1.165) is 28.6 Å². The summed E-state index contributed by atoms with van der Waals surface area (Å²) in [6, 6.07) is 15.0. The number of fused-ring (bicyclic) bond motifs is 1. The first-order chi connectivity index (χ1) is 15.8. The third kappa shape index (κ3) is 4.69. The fourth-order valence-corrected chi connectivity index (χ4v) is 3.36. The quantitative estimate of drug-likeness (QED) is 0.426. The molecule has 0 saturated carbocycles. The highest BCUT2D eigenvalue weighted by Crippen LogP contribution is 2.30. The van der Waals surface area contributed by atoms with Gasteiger partial charge in [-0.05, 0) is 42.0 Å². The van der Waals surface area contributed by atoms with Crippen LogP contribution >= 0.6 is 0 Å². The number of H-pyrrole nitrogens is 1. The van der Waals surface area contributed by atoms with E-state index < -0.39 is 17.6 Å². The maximum atomic E-state index is 12.8. The third-order valence-corrected chi connectivity index (χ3v) is 5.02. The van der Waals surface area contributed by atoms with Crippen molar-refractivity contribution in [2.75, 3.05) is 7.05 Å². The average Bonchev–Trinajstić information content (AvgIpc) is 3.26. The molecule has 0 fully saturated rings. The largest absolute Gasteiger partial charge is 0.416 e. The molecule has 2 aromatic carbocycles. The highest BCUT2D eigenvalue weighted by molar-refractivity contribution is 6.02. The molecule has 0 atom stereocenters. The van der Waals surface area contributed by atoms with Gasteiger partial charge in [-0.25, -0.2) is 0 Å². The zero-order valence-corrected chi connectivity index (χ0v) is 17.3. The summed E-state index contributed by atoms with van der Waals surface area (Å²) in [6.45, 7) is -0.0862. The molecule has 0 aliphatic rings. The number of aromatic amines is 1. The van der Waals surface area contributed by atoms with Crippen LogP contribution in [0.1, 0.15) is 32.1 Å². The van der Waals surface area contributed by atoms with Crippen molar-refractivity contribution in [1.82, 2.24) is 25.8 Å². The van der Waals surface area contributed by atoms with E-state index in [1.54, 1.807) is 18.2 Å². The molecule has 2 heterocycles. The van der Waals surface area contributed by atoms with Crippen LogP contribution < -0.4 is 10.6 Å². The maximum Gasteiger partial charge on any atom is 0.416 e. The van der Waals surface area contributed by atoms with Crippen LogP contribution in [0.2, 0.25) is 0 Å². The number of hydrogen-bond donors (Lipinski definition) is 3. The van der Waals surface area contributed by atoms with Gasteiger partial charge >= 0.3 is 6.18 Å². The molecule has 10 heteroatoms. The second-order valence-electron chi connectivity index (χ2n) is 7.21. The number of rotatable bonds is 5. The molecule has 4 aromatic rings. The average molecular weight is 453 g/mol. The molecular weight excluding hydrogens is 435 g/mol. The van der Waals surface area contributed by atoms with Crippen molar-refractivity contribution in [1.29, 1.82) is 0 Å². The van der Waals surface area contributed by atoms with Crippen LogP contribution in [0.15, 0.2) is 60.7 Å². The molecule has 7 nitrogen and oxygen atoms in total. The Balaban J connectivity index is 1.50. The smallest absolute Gasteiger partial charge is 0.354 e. The third-order valence-electron chi connectivity index (χ3n) is 5.02. The zero-order chi connectivity index (χ0) is 23.6. The fourth-order valence-electron chi connectivity index (χ4n) is 3.36. The molecule has 0 aliphatic heterocycles. The first-order valence-electron chi connectivity index (χ1n) is 9.88. The van der Waals surface area contributed by atoms with E-state index in [1.165, 1.54) is 25.2 Å². The second kappa shape index (κ2) is 8.73. The van der Waals surface area contributed by atoms with Crippen LogP contribution in [0.3, 0.4) is 0 Å². The lowest BCUT2D eigenvalue weighted by Crippen LogP contribution is -2.24. The summed E-state index contributed by atoms with van der Waals surface area (Å²) >= 11 is 0. The summed E-state index contributed by atoms with van der Waals surface area (Å²) in [5.41, 5.74) is 1.93. The summed E-state index contributed by atoms with van der Waals surface area (Å²) in [4.78, 5) is 27.3. The van der Waals surface area contributed by atoms with Gasteiger partial charge in [0.2, 0.25) is 0 Å². The Kier molecular flexibility index (Phi) is 5.82. The minimum absolute atomic E-state index is 0.0259. The molecule has 0 radical (unpaired) electrons. The van der Waals surface area contributed by atoms with Gasteiger partial charge in [0.1, 0.15) is 5.69 Å². The van der Waals surface area contributed by atoms with Crippen molar-refractivity contribution >= 4 is 22.7 Å². The molecule has 0 saturated heterocycles. The molecule has 33 heavy (non-hydrogen) atoms. The number of nitrogens with zero attached hydrogens (tertiary/aromatic N) is 2. The summed E-state index contributed by atoms with van der Waals surface area (Å²) in [5.74, 6) is -0.816. The topological polar surface area (TPSA) is 99.8 Å². The number of benzene rings is 2. The van der Waals surface area contributed by atoms with Crippen LogP contribution in [0.4, 0.5) is 13.2 Å². The van der Waals surface area contributed by atoms with Crippen LogP contribution in [0.25, 0.3) is 22.2 Å². The van der Waals surface area contributed by atoms with Crippen molar-refractivity contribution in [2.24, 2.45) is 0 Å². The predicted molar refractivity (Wildman–Crippen MR) is 115 cm³/mol. The minimum Gasteiger partial charge on any atom is -0.354 e. The SMILES string of the molecule is CNC(=O)c1cc2c(-c3ccc(C(=O)NCc4cccc(C(F)(F)F)c4)nn3)cccc2[nH]1. The Morgan fingerprint density at radius 2 is 1.76 bits per heavy atom. The first-order valence-corrected chi connectivity index (χ1v) is 9.88. The highest BCUT2D eigenvalue weighted by Gasteiger charge is 2.30. The first kappa shape index (κ1) is 22.0. The molecule has 2 aromatic heterocycles. The van der Waals surface area contributed by atoms with Crippen molar-refractivity contribution in [2.45, 2.75) is 12.7 Å². The van der Waals surface area contributed by atoms with E-state index in [4.69, 9.17) is 0 Å². The van der Waals surface area contributed by atoms with Crippen molar-refractivity contribution in [3.05, 3.63) is 83.2 Å². The number of amides is 2. The summed E-state index contributed by atoms with van der Waals surface area (Å²) < 4.78 is 38.5. The van der Waals surface area contributed by atoms with Gasteiger partial charge in [-0.3, -0.25) is 9.59 Å². The Bertz CT molecular complexity index is 1330. The molecule has 0 bridgehead atoms. The molecule has 0 aliphatic carbocycles. The number of halogens is 3. The van der Waals surface area contributed by atoms with Crippen LogP contribution in [0.5, 0.6) is 0 Å². The van der Waals surface area contributed by atoms with E-state index in [0.29, 0.717) is 17.0 Å². The van der Waals surface area contributed by atoms with Gasteiger partial charge in [0.25, 0.3) is 11.8 Å². The lowest BCUT2D eigenvalue weighted by Gasteiger charge is -2.09. The molecule has 3 N–H and O–H groups in total. The number of alkyl halides is 3. The number of aromatic nitrogens is 3. The van der Waals surface area contributed by atoms with E-state index in [9.17, 15) is 22.8 Å². The molecule has 4 rings (SSSR count). The highest BCUT2D eigenvalue weighted by atomic mass is 19.4. The van der Waals surface area contributed by atoms with Crippen LogP contribution in [-0.4, -0.2) is 34.0 Å². The molecular formula is C23H18F3N5O2. The standard InChI is InChI=1S/C23H18F3N5O2/c1-27-21(32)20-11-16-15(6-3-7-17(16)29-20)18-8-9-19(31-30-18)22(33)28-12-13-4-2-5-14(10-13)23(24,25)26/h2-11,29H,12H2,1H3,(H,27,32)(H,28,33). The lowest BCUT2D eigenvalue weighted by molar-refractivity contribution is -0.137. The predicted octanol–water partition coefficient (Wildman–Crippen LogP) is 3.93. The van der Waals surface area contributed by atoms with Gasteiger partial charge in [-0.2, -0.15) is 13.2 Å². The van der Waals surface area contributed by atoms with Crippen molar-refractivity contribution < 1.29 is 22.8 Å². The van der Waals surface area contributed by atoms with E-state index >= 15 is 0 Å². The van der Waals surface area contributed by atoms with Gasteiger partial charge in [0.05, 0.1) is 11.3 Å². The van der Waals surface area contributed by atoms with Crippen LogP contribution in [0, 0.1) is 0 Å². The number of hydrogen-bond acceptors (Lipinski definition) is 4. The minimum atomic E-state index is -4.45. The normalized spacial score (nSPS) is 11.4. The van der Waals surface area contributed by atoms with Gasteiger partial charge in [-0.15, -0.1) is 10.2 Å². The Morgan fingerprint density at radius 3 is 2.45 bits per heavy atom. The fraction of sp³-hybridized carbons (Fsp3) is 0.130. The van der Waals surface area contributed by atoms with E-state index in [-0.39, 0.29) is 18.1 Å². The van der Waals surface area contributed by atoms with Gasteiger partial charge in [0, 0.05) is 30.1 Å². The Morgan fingerprint density at radius 1 is 0.970 bits per heavy atom. The van der Waals surface area contributed by atoms with Gasteiger partial charge < -0.3 is 15.6 Å². The van der Waals surface area contributed by atoms with Gasteiger partial charge in [-0.1, -0.05) is 24.3 Å². The van der Waals surface area contributed by atoms with E-state index in [1.807, 2.05) is 12.1 Å². The van der Waals surface area contributed by atoms with E-state index in [2.05, 4.69) is 25.8 Å². The summed E-state index contributed by atoms with van der Waals surface area (Å²) in [7, 11) is 1.54. The zero-order valence-electron chi connectivity index (χ0n) is 17.3. The Labute approximate surface area is 186 Å². The van der Waals surface area contributed by atoms with Gasteiger partial charge in [0.15, 0.2) is 5.69 Å². The second-order valence-corrected chi connectivity index (χ2v) is 7.21. The number of nitrogens with one attached hydrogen (secondary N) is 3.